The van der Waals surface area contributed by atoms with E-state index in [1.807, 2.05) is 60.8 Å². The number of nitrogens with one attached hydrogen (secondary N) is 3. The van der Waals surface area contributed by atoms with Crippen LogP contribution in [0, 0.1) is 0 Å². The minimum absolute atomic E-state index is 0.201. The summed E-state index contributed by atoms with van der Waals surface area (Å²) in [5.74, 6) is -1.13. The Hall–Kier alpha value is -3.61. The van der Waals surface area contributed by atoms with Crippen molar-refractivity contribution in [3.63, 3.8) is 0 Å². The summed E-state index contributed by atoms with van der Waals surface area (Å²) in [6, 6.07) is 16.7. The molecule has 0 unspecified atom stereocenters. The van der Waals surface area contributed by atoms with E-state index in [0.29, 0.717) is 13.0 Å². The molecular formula is C22H23N3O4. The van der Waals surface area contributed by atoms with Crippen molar-refractivity contribution in [3.8, 4) is 0 Å². The van der Waals surface area contributed by atoms with E-state index in [-0.39, 0.29) is 6.42 Å². The van der Waals surface area contributed by atoms with Crippen LogP contribution < -0.4 is 10.6 Å². The van der Waals surface area contributed by atoms with Crippen molar-refractivity contribution in [2.75, 3.05) is 6.61 Å². The molecule has 0 saturated carbocycles. The summed E-state index contributed by atoms with van der Waals surface area (Å²) in [5.41, 5.74) is 3.12. The lowest BCUT2D eigenvalue weighted by atomic mass is 10.1. The predicted octanol–water partition coefficient (Wildman–Crippen LogP) is 3.06. The highest BCUT2D eigenvalue weighted by molar-refractivity contribution is 5.95. The fourth-order valence-corrected chi connectivity index (χ4v) is 2.96. The first kappa shape index (κ1) is 20.1. The third kappa shape index (κ3) is 6.21. The zero-order chi connectivity index (χ0) is 20.5. The summed E-state index contributed by atoms with van der Waals surface area (Å²) in [5, 5.41) is 5.84. The van der Waals surface area contributed by atoms with Gasteiger partial charge < -0.3 is 15.0 Å². The minimum Gasteiger partial charge on any atom is -0.456 e. The van der Waals surface area contributed by atoms with Gasteiger partial charge in [-0.3, -0.25) is 14.9 Å². The second kappa shape index (κ2) is 10.1. The molecule has 3 N–H and O–H groups in total. The van der Waals surface area contributed by atoms with Gasteiger partial charge in [0.25, 0.3) is 5.91 Å². The number of benzene rings is 2. The minimum atomic E-state index is -0.666. The fourth-order valence-electron chi connectivity index (χ4n) is 2.96. The lowest BCUT2D eigenvalue weighted by Gasteiger charge is -2.07. The van der Waals surface area contributed by atoms with E-state index < -0.39 is 24.5 Å². The smallest absolute Gasteiger partial charge is 0.321 e. The van der Waals surface area contributed by atoms with E-state index in [1.54, 1.807) is 0 Å². The van der Waals surface area contributed by atoms with Crippen LogP contribution in [0.15, 0.2) is 60.8 Å². The van der Waals surface area contributed by atoms with Gasteiger partial charge in [-0.1, -0.05) is 48.5 Å². The van der Waals surface area contributed by atoms with Gasteiger partial charge in [0, 0.05) is 30.1 Å². The van der Waals surface area contributed by atoms with Crippen molar-refractivity contribution >= 4 is 28.8 Å². The summed E-state index contributed by atoms with van der Waals surface area (Å²) in [7, 11) is 0. The maximum Gasteiger partial charge on any atom is 0.321 e. The molecule has 0 bridgehead atoms. The van der Waals surface area contributed by atoms with Gasteiger partial charge in [0.15, 0.2) is 6.61 Å². The summed E-state index contributed by atoms with van der Waals surface area (Å²) in [6.07, 6.45) is 3.48. The van der Waals surface area contributed by atoms with Crippen LogP contribution in [0.5, 0.6) is 0 Å². The van der Waals surface area contributed by atoms with Gasteiger partial charge in [0.05, 0.1) is 0 Å². The first-order valence-corrected chi connectivity index (χ1v) is 9.44. The second-order valence-electron chi connectivity index (χ2n) is 6.59. The molecule has 0 atom stereocenters. The Labute approximate surface area is 168 Å². The summed E-state index contributed by atoms with van der Waals surface area (Å²) < 4.78 is 4.94. The SMILES string of the molecule is O=C(COC(=O)CCCc1c[nH]c2ccccc12)NC(=O)NCc1ccccc1. The molecule has 3 rings (SSSR count). The zero-order valence-corrected chi connectivity index (χ0v) is 15.9. The van der Waals surface area contributed by atoms with E-state index in [0.717, 1.165) is 28.5 Å². The van der Waals surface area contributed by atoms with E-state index in [2.05, 4.69) is 15.6 Å². The first-order valence-electron chi connectivity index (χ1n) is 9.44. The number of carbonyl (C=O) groups is 3. The lowest BCUT2D eigenvalue weighted by Crippen LogP contribution is -2.41. The van der Waals surface area contributed by atoms with E-state index >= 15 is 0 Å². The first-order chi connectivity index (χ1) is 14.1. The van der Waals surface area contributed by atoms with Gasteiger partial charge in [0.1, 0.15) is 0 Å². The maximum absolute atomic E-state index is 11.8. The molecule has 0 saturated heterocycles. The number of aryl methyl sites for hydroxylation is 1. The van der Waals surface area contributed by atoms with Crippen LogP contribution in [0.3, 0.4) is 0 Å². The van der Waals surface area contributed by atoms with Gasteiger partial charge in [-0.05, 0) is 30.0 Å². The Balaban J connectivity index is 1.31. The molecule has 3 aromatic rings. The molecule has 7 nitrogen and oxygen atoms in total. The molecule has 1 heterocycles. The summed E-state index contributed by atoms with van der Waals surface area (Å²) in [4.78, 5) is 38.4. The number of urea groups is 1. The molecule has 0 aliphatic carbocycles. The van der Waals surface area contributed by atoms with Crippen molar-refractivity contribution in [1.82, 2.24) is 15.6 Å². The monoisotopic (exact) mass is 393 g/mol. The highest BCUT2D eigenvalue weighted by atomic mass is 16.5. The summed E-state index contributed by atoms with van der Waals surface area (Å²) in [6.45, 7) is -0.182. The molecule has 0 fully saturated rings. The predicted molar refractivity (Wildman–Crippen MR) is 109 cm³/mol. The van der Waals surface area contributed by atoms with Gasteiger partial charge >= 0.3 is 12.0 Å². The van der Waals surface area contributed by atoms with E-state index in [4.69, 9.17) is 4.74 Å². The van der Waals surface area contributed by atoms with E-state index in [9.17, 15) is 14.4 Å². The number of carbonyl (C=O) groups excluding carboxylic acids is 3. The highest BCUT2D eigenvalue weighted by Gasteiger charge is 2.11. The number of esters is 1. The van der Waals surface area contributed by atoms with Gasteiger partial charge in [0.2, 0.25) is 0 Å². The Morgan fingerprint density at radius 3 is 2.55 bits per heavy atom. The zero-order valence-electron chi connectivity index (χ0n) is 15.9. The number of rotatable bonds is 8. The van der Waals surface area contributed by atoms with Gasteiger partial charge in [-0.15, -0.1) is 0 Å². The molecule has 7 heteroatoms. The third-order valence-corrected chi connectivity index (χ3v) is 4.42. The van der Waals surface area contributed by atoms with Crippen molar-refractivity contribution in [2.45, 2.75) is 25.8 Å². The van der Waals surface area contributed by atoms with Crippen molar-refractivity contribution in [3.05, 3.63) is 71.9 Å². The lowest BCUT2D eigenvalue weighted by molar-refractivity contribution is -0.148. The molecular weight excluding hydrogens is 370 g/mol. The number of ether oxygens (including phenoxy) is 1. The molecule has 1 aromatic heterocycles. The Bertz CT molecular complexity index is 982. The topological polar surface area (TPSA) is 100 Å². The van der Waals surface area contributed by atoms with Crippen molar-refractivity contribution in [1.29, 1.82) is 0 Å². The average molecular weight is 393 g/mol. The molecule has 0 aliphatic heterocycles. The van der Waals surface area contributed by atoms with Crippen LogP contribution in [0.4, 0.5) is 4.79 Å². The normalized spacial score (nSPS) is 10.5. The Morgan fingerprint density at radius 2 is 1.72 bits per heavy atom. The number of fused-ring (bicyclic) bond motifs is 1. The van der Waals surface area contributed by atoms with Crippen LogP contribution in [0.1, 0.15) is 24.0 Å². The average Bonchev–Trinajstić information content (AvgIpc) is 3.15. The molecule has 2 aromatic carbocycles. The molecule has 150 valence electrons. The number of aromatic nitrogens is 1. The maximum atomic E-state index is 11.8. The van der Waals surface area contributed by atoms with Crippen molar-refractivity contribution < 1.29 is 19.1 Å². The third-order valence-electron chi connectivity index (χ3n) is 4.42. The fraction of sp³-hybridized carbons (Fsp3) is 0.227. The number of hydrogen-bond donors (Lipinski definition) is 3. The number of amides is 3. The largest absolute Gasteiger partial charge is 0.456 e. The van der Waals surface area contributed by atoms with Crippen molar-refractivity contribution in [2.24, 2.45) is 0 Å². The molecule has 0 spiro atoms. The van der Waals surface area contributed by atoms with Crippen LogP contribution >= 0.6 is 0 Å². The Morgan fingerprint density at radius 1 is 0.966 bits per heavy atom. The molecule has 0 radical (unpaired) electrons. The number of H-pyrrole nitrogens is 1. The molecule has 0 aliphatic rings. The number of hydrogen-bond acceptors (Lipinski definition) is 4. The van der Waals surface area contributed by atoms with Gasteiger partial charge in [-0.2, -0.15) is 0 Å². The molecule has 3 amide bonds. The van der Waals surface area contributed by atoms with Crippen LogP contribution in [0.25, 0.3) is 10.9 Å². The van der Waals surface area contributed by atoms with Crippen LogP contribution in [-0.4, -0.2) is 29.5 Å². The number of aromatic amines is 1. The standard InChI is InChI=1S/C22H23N3O4/c26-20(25-22(28)24-13-16-7-2-1-3-8-16)15-29-21(27)12-6-9-17-14-23-19-11-5-4-10-18(17)19/h1-5,7-8,10-11,14,23H,6,9,12-13,15H2,(H2,24,25,26,28). The van der Waals surface area contributed by atoms with Crippen LogP contribution in [0.2, 0.25) is 0 Å². The molecule has 29 heavy (non-hydrogen) atoms. The van der Waals surface area contributed by atoms with Gasteiger partial charge in [-0.25, -0.2) is 4.79 Å². The summed E-state index contributed by atoms with van der Waals surface area (Å²) >= 11 is 0. The highest BCUT2D eigenvalue weighted by Crippen LogP contribution is 2.19. The quantitative estimate of drug-likeness (QED) is 0.512. The number of imide groups is 1. The second-order valence-corrected chi connectivity index (χ2v) is 6.59. The van der Waals surface area contributed by atoms with E-state index in [1.165, 1.54) is 0 Å². The number of para-hydroxylation sites is 1. The Kier molecular flexibility index (Phi) is 7.00. The van der Waals surface area contributed by atoms with Crippen LogP contribution in [-0.2, 0) is 27.3 Å².